The quantitative estimate of drug-likeness (QED) is 0.0374. The maximum absolute atomic E-state index is 12.3. The Labute approximate surface area is 405 Å². The molecular weight excluding hydrogens is 801 g/mol. The van der Waals surface area contributed by atoms with Crippen LogP contribution in [0.3, 0.4) is 0 Å². The van der Waals surface area contributed by atoms with Crippen LogP contribution >= 0.6 is 0 Å². The third kappa shape index (κ3) is 54.4. The molecule has 5 heteroatoms. The van der Waals surface area contributed by atoms with E-state index in [0.717, 1.165) is 57.8 Å². The number of carbonyl (C=O) groups is 2. The molecule has 5 nitrogen and oxygen atoms in total. The first-order valence-electron chi connectivity index (χ1n) is 28.7. The number of allylic oxidation sites excluding steroid dienone is 8. The molecule has 0 rings (SSSR count). The molecule has 380 valence electrons. The Hall–Kier alpha value is -2.14. The van der Waals surface area contributed by atoms with Crippen LogP contribution in [-0.2, 0) is 19.1 Å². The summed E-state index contributed by atoms with van der Waals surface area (Å²) in [7, 11) is 0. The first-order chi connectivity index (χ1) is 32.1. The van der Waals surface area contributed by atoms with Crippen LogP contribution in [0, 0.1) is 0 Å². The van der Waals surface area contributed by atoms with Crippen molar-refractivity contribution in [3.05, 3.63) is 48.6 Å². The Bertz CT molecular complexity index is 1080. The second kappa shape index (κ2) is 56.2. The van der Waals surface area contributed by atoms with Crippen molar-refractivity contribution in [2.24, 2.45) is 0 Å². The SMILES string of the molecule is CC/C=C\C/C=C\C/C=C\C/C=C\CCCCCCCCCCCCCCCCC(=O)OC(CO)COC(=O)CCCCCCCCCCCCCCCCCCCCCCCCCC. The summed E-state index contributed by atoms with van der Waals surface area (Å²) >= 11 is 0. The van der Waals surface area contributed by atoms with Crippen LogP contribution in [0.1, 0.15) is 303 Å². The molecule has 0 amide bonds. The second-order valence-electron chi connectivity index (χ2n) is 19.3. The zero-order valence-electron chi connectivity index (χ0n) is 43.5. The Morgan fingerprint density at radius 1 is 0.369 bits per heavy atom. The van der Waals surface area contributed by atoms with Gasteiger partial charge in [-0.2, -0.15) is 0 Å². The summed E-state index contributed by atoms with van der Waals surface area (Å²) in [5.74, 6) is -0.575. The minimum atomic E-state index is -0.771. The van der Waals surface area contributed by atoms with Gasteiger partial charge in [0.1, 0.15) is 6.61 Å². The van der Waals surface area contributed by atoms with Gasteiger partial charge in [0.25, 0.3) is 0 Å². The van der Waals surface area contributed by atoms with E-state index in [1.165, 1.54) is 218 Å². The highest BCUT2D eigenvalue weighted by Crippen LogP contribution is 2.17. The number of ether oxygens (including phenoxy) is 2. The molecule has 0 saturated carbocycles. The van der Waals surface area contributed by atoms with Crippen LogP contribution in [0.15, 0.2) is 48.6 Å². The zero-order chi connectivity index (χ0) is 47.0. The third-order valence-electron chi connectivity index (χ3n) is 12.9. The fourth-order valence-corrected chi connectivity index (χ4v) is 8.61. The van der Waals surface area contributed by atoms with E-state index < -0.39 is 6.10 Å². The number of hydrogen-bond donors (Lipinski definition) is 1. The molecule has 0 heterocycles. The molecule has 1 N–H and O–H groups in total. The maximum atomic E-state index is 12.3. The molecule has 0 radical (unpaired) electrons. The highest BCUT2D eigenvalue weighted by atomic mass is 16.6. The van der Waals surface area contributed by atoms with Crippen LogP contribution < -0.4 is 0 Å². The smallest absolute Gasteiger partial charge is 0.306 e. The van der Waals surface area contributed by atoms with Crippen LogP contribution in [0.25, 0.3) is 0 Å². The van der Waals surface area contributed by atoms with Crippen LogP contribution in [0.5, 0.6) is 0 Å². The van der Waals surface area contributed by atoms with Crippen molar-refractivity contribution < 1.29 is 24.2 Å². The molecule has 0 fully saturated rings. The molecule has 0 saturated heterocycles. The largest absolute Gasteiger partial charge is 0.462 e. The fourth-order valence-electron chi connectivity index (χ4n) is 8.61. The van der Waals surface area contributed by atoms with E-state index in [4.69, 9.17) is 9.47 Å². The molecule has 0 aromatic rings. The Morgan fingerprint density at radius 2 is 0.662 bits per heavy atom. The average Bonchev–Trinajstić information content (AvgIpc) is 3.31. The van der Waals surface area contributed by atoms with E-state index in [1.807, 2.05) is 0 Å². The predicted octanol–water partition coefficient (Wildman–Crippen LogP) is 19.3. The molecule has 0 spiro atoms. The minimum Gasteiger partial charge on any atom is -0.462 e. The van der Waals surface area contributed by atoms with Crippen molar-refractivity contribution in [1.29, 1.82) is 0 Å². The summed E-state index contributed by atoms with van der Waals surface area (Å²) in [4.78, 5) is 24.5. The molecule has 65 heavy (non-hydrogen) atoms. The topological polar surface area (TPSA) is 72.8 Å². The van der Waals surface area contributed by atoms with Gasteiger partial charge in [0.2, 0.25) is 0 Å². The van der Waals surface area contributed by atoms with Crippen molar-refractivity contribution >= 4 is 11.9 Å². The van der Waals surface area contributed by atoms with E-state index >= 15 is 0 Å². The van der Waals surface area contributed by atoms with Crippen molar-refractivity contribution in [3.8, 4) is 0 Å². The molecule has 1 unspecified atom stereocenters. The van der Waals surface area contributed by atoms with Crippen LogP contribution in [-0.4, -0.2) is 36.4 Å². The van der Waals surface area contributed by atoms with E-state index in [-0.39, 0.29) is 25.2 Å². The molecule has 0 aliphatic rings. The van der Waals surface area contributed by atoms with Crippen molar-refractivity contribution in [3.63, 3.8) is 0 Å². The highest BCUT2D eigenvalue weighted by Gasteiger charge is 2.16. The molecule has 0 aromatic carbocycles. The number of aliphatic hydroxyl groups is 1. The summed E-state index contributed by atoms with van der Waals surface area (Å²) in [6, 6.07) is 0. The van der Waals surface area contributed by atoms with Gasteiger partial charge in [-0.05, 0) is 51.4 Å². The van der Waals surface area contributed by atoms with Crippen LogP contribution in [0.2, 0.25) is 0 Å². The van der Waals surface area contributed by atoms with Crippen molar-refractivity contribution in [1.82, 2.24) is 0 Å². The molecule has 1 atom stereocenters. The monoisotopic (exact) mass is 911 g/mol. The zero-order valence-corrected chi connectivity index (χ0v) is 43.5. The summed E-state index contributed by atoms with van der Waals surface area (Å²) < 4.78 is 10.7. The Balaban J connectivity index is 3.44. The fraction of sp³-hybridized carbons (Fsp3) is 0.833. The van der Waals surface area contributed by atoms with Gasteiger partial charge < -0.3 is 14.6 Å². The number of rotatable bonds is 53. The number of unbranched alkanes of at least 4 members (excludes halogenated alkanes) is 37. The van der Waals surface area contributed by atoms with Gasteiger partial charge in [-0.25, -0.2) is 0 Å². The van der Waals surface area contributed by atoms with E-state index in [0.29, 0.717) is 12.8 Å². The maximum Gasteiger partial charge on any atom is 0.306 e. The van der Waals surface area contributed by atoms with Crippen molar-refractivity contribution in [2.75, 3.05) is 13.2 Å². The second-order valence-corrected chi connectivity index (χ2v) is 19.3. The molecular formula is C60H110O5. The number of hydrogen-bond acceptors (Lipinski definition) is 5. The van der Waals surface area contributed by atoms with E-state index in [9.17, 15) is 14.7 Å². The minimum absolute atomic E-state index is 0.0618. The normalized spacial score (nSPS) is 12.5. The number of esters is 2. The molecule has 0 bridgehead atoms. The lowest BCUT2D eigenvalue weighted by Crippen LogP contribution is -2.28. The summed E-state index contributed by atoms with van der Waals surface area (Å²) in [5.41, 5.74) is 0. The first kappa shape index (κ1) is 62.9. The van der Waals surface area contributed by atoms with Gasteiger partial charge in [0.05, 0.1) is 6.61 Å². The third-order valence-corrected chi connectivity index (χ3v) is 12.9. The van der Waals surface area contributed by atoms with Gasteiger partial charge in [-0.1, -0.05) is 287 Å². The Morgan fingerprint density at radius 3 is 1.00 bits per heavy atom. The molecule has 0 aromatic heterocycles. The lowest BCUT2D eigenvalue weighted by atomic mass is 10.0. The van der Waals surface area contributed by atoms with Gasteiger partial charge in [-0.15, -0.1) is 0 Å². The number of carbonyl (C=O) groups excluding carboxylic acids is 2. The summed E-state index contributed by atoms with van der Waals surface area (Å²) in [6.07, 6.45) is 73.8. The van der Waals surface area contributed by atoms with E-state index in [2.05, 4.69) is 62.5 Å². The standard InChI is InChI=1S/C60H110O5/c1-3-5-7-9-11-13-15-17-19-21-23-25-27-29-30-31-33-35-37-39-41-43-45-47-49-51-53-55-60(63)65-58(56-61)57-64-59(62)54-52-50-48-46-44-42-40-38-36-34-32-28-26-24-22-20-18-16-14-12-10-8-6-4-2/h5,7,11,13,17,19,23,25,58,61H,3-4,6,8-10,12,14-16,18,20-22,24,26-57H2,1-2H3/b7-5-,13-11-,19-17-,25-23-. The van der Waals surface area contributed by atoms with Gasteiger partial charge in [0, 0.05) is 12.8 Å². The van der Waals surface area contributed by atoms with Crippen LogP contribution in [0.4, 0.5) is 0 Å². The predicted molar refractivity (Wildman–Crippen MR) is 284 cm³/mol. The Kier molecular flexibility index (Phi) is 54.3. The lowest BCUT2D eigenvalue weighted by molar-refractivity contribution is -0.161. The van der Waals surface area contributed by atoms with Gasteiger partial charge >= 0.3 is 11.9 Å². The average molecular weight is 912 g/mol. The molecule has 0 aliphatic carbocycles. The van der Waals surface area contributed by atoms with E-state index in [1.54, 1.807) is 0 Å². The lowest BCUT2D eigenvalue weighted by Gasteiger charge is -2.15. The van der Waals surface area contributed by atoms with Crippen molar-refractivity contribution in [2.45, 2.75) is 309 Å². The van der Waals surface area contributed by atoms with Gasteiger partial charge in [0.15, 0.2) is 6.10 Å². The van der Waals surface area contributed by atoms with Gasteiger partial charge in [-0.3, -0.25) is 9.59 Å². The summed E-state index contributed by atoms with van der Waals surface area (Å²) in [5, 5.41) is 9.66. The number of aliphatic hydroxyl groups excluding tert-OH is 1. The molecule has 0 aliphatic heterocycles. The summed E-state index contributed by atoms with van der Waals surface area (Å²) in [6.45, 7) is 4.07. The first-order valence-corrected chi connectivity index (χ1v) is 28.7. The highest BCUT2D eigenvalue weighted by molar-refractivity contribution is 5.70.